The van der Waals surface area contributed by atoms with Gasteiger partial charge in [-0.05, 0) is 72.4 Å². The number of aliphatic hydroxyl groups is 1. The highest BCUT2D eigenvalue weighted by molar-refractivity contribution is 7.92. The summed E-state index contributed by atoms with van der Waals surface area (Å²) in [5.41, 5.74) is 5.85. The van der Waals surface area contributed by atoms with Crippen LogP contribution in [0.5, 0.6) is 5.88 Å². The summed E-state index contributed by atoms with van der Waals surface area (Å²) in [7, 11) is -4.17. The maximum absolute atomic E-state index is 14.4. The van der Waals surface area contributed by atoms with E-state index in [2.05, 4.69) is 45.4 Å². The monoisotopic (exact) mass is 1140 g/mol. The van der Waals surface area contributed by atoms with Gasteiger partial charge in [0.15, 0.2) is 11.5 Å². The molecule has 0 radical (unpaired) electrons. The molecule has 80 heavy (non-hydrogen) atoms. The highest BCUT2D eigenvalue weighted by Gasteiger charge is 2.44. The van der Waals surface area contributed by atoms with Gasteiger partial charge in [0, 0.05) is 50.4 Å². The third kappa shape index (κ3) is 16.3. The first kappa shape index (κ1) is 59.6. The molecular weight excluding hydrogens is 1080 g/mol. The van der Waals surface area contributed by atoms with E-state index in [0.29, 0.717) is 86.6 Å². The number of fused-ring (bicyclic) bond motifs is 1. The molecule has 2 fully saturated rings. The quantitative estimate of drug-likeness (QED) is 0.0439. The zero-order valence-corrected chi connectivity index (χ0v) is 47.1. The summed E-state index contributed by atoms with van der Waals surface area (Å²) in [6.45, 7) is 14.0. The Morgan fingerprint density at radius 1 is 0.912 bits per heavy atom. The summed E-state index contributed by atoms with van der Waals surface area (Å²) in [4.78, 5) is 58.2. The lowest BCUT2D eigenvalue weighted by Crippen LogP contribution is -2.58. The van der Waals surface area contributed by atoms with Crippen molar-refractivity contribution in [3.63, 3.8) is 0 Å². The number of likely N-dealkylation sites (tertiary alicyclic amines) is 1. The van der Waals surface area contributed by atoms with Gasteiger partial charge < -0.3 is 49.1 Å². The number of amides is 3. The molecule has 25 heteroatoms. The van der Waals surface area contributed by atoms with Crippen LogP contribution in [0.3, 0.4) is 0 Å². The minimum atomic E-state index is -4.17. The van der Waals surface area contributed by atoms with Crippen LogP contribution >= 0.6 is 11.3 Å². The number of aromatic nitrogens is 5. The van der Waals surface area contributed by atoms with Crippen molar-refractivity contribution >= 4 is 55.8 Å². The van der Waals surface area contributed by atoms with Crippen LogP contribution in [0.25, 0.3) is 32.9 Å². The number of sulfonamides is 1. The van der Waals surface area contributed by atoms with Crippen LogP contribution in [0.4, 0.5) is 10.1 Å². The Kier molecular flexibility index (Phi) is 20.7. The van der Waals surface area contributed by atoms with Crippen molar-refractivity contribution in [2.45, 2.75) is 76.8 Å². The molecule has 6 aromatic rings. The molecule has 2 saturated heterocycles. The zero-order chi connectivity index (χ0) is 56.8. The van der Waals surface area contributed by atoms with Crippen LogP contribution in [-0.4, -0.2) is 183 Å². The van der Waals surface area contributed by atoms with E-state index in [0.717, 1.165) is 34.3 Å². The Morgan fingerprint density at radius 2 is 1.61 bits per heavy atom. The number of anilines is 1. The minimum absolute atomic E-state index is 0.0299. The predicted octanol–water partition coefficient (Wildman–Crippen LogP) is 4.66. The molecular formula is C55H69FN10O12S2. The van der Waals surface area contributed by atoms with E-state index in [1.807, 2.05) is 52.0 Å². The standard InChI is InChI=1S/C55H69FN10O12S2/c1-35-6-15-44(56)46(26-35)80(71,72)64-40-13-11-39(12-14-40)50-61-51-43(29-59-63-51)53(62-50)78-32-42-31-65(17-19-77-42)16-18-73-20-21-74-22-23-75-24-25-76-33-47(68)60-49(55(3,4)5)54(70)66-30-41(67)27-45(66)52(69)57-28-37-7-9-38(10-8-37)48-36(2)58-34-79-48/h6-15,26,29,34,41-42,45,49,64,67H,16-25,27-28,30-33H2,1-5H3,(H,57,69)(H,60,68)(H,59,61,62,63). The summed E-state index contributed by atoms with van der Waals surface area (Å²) in [5, 5.41) is 23.8. The number of hydrogen-bond donors (Lipinski definition) is 5. The van der Waals surface area contributed by atoms with Crippen LogP contribution in [0.1, 0.15) is 44.0 Å². The summed E-state index contributed by atoms with van der Waals surface area (Å²) < 4.78 is 77.5. The highest BCUT2D eigenvalue weighted by Crippen LogP contribution is 2.30. The average Bonchev–Trinajstić information content (AvgIpc) is 4.25. The molecule has 2 aliphatic rings. The van der Waals surface area contributed by atoms with E-state index < -0.39 is 56.2 Å². The largest absolute Gasteiger partial charge is 0.474 e. The maximum atomic E-state index is 14.4. The van der Waals surface area contributed by atoms with Crippen molar-refractivity contribution in [3.05, 3.63) is 101 Å². The number of morpholine rings is 1. The number of carbonyl (C=O) groups excluding carboxylic acids is 3. The van der Waals surface area contributed by atoms with E-state index in [4.69, 9.17) is 28.4 Å². The third-order valence-corrected chi connectivity index (χ3v) is 15.7. The van der Waals surface area contributed by atoms with Crippen molar-refractivity contribution in [3.8, 4) is 27.7 Å². The van der Waals surface area contributed by atoms with Crippen LogP contribution in [0, 0.1) is 25.1 Å². The van der Waals surface area contributed by atoms with Crippen molar-refractivity contribution in [1.29, 1.82) is 0 Å². The number of halogens is 1. The Labute approximate surface area is 468 Å². The zero-order valence-electron chi connectivity index (χ0n) is 45.4. The van der Waals surface area contributed by atoms with Gasteiger partial charge in [-0.2, -0.15) is 10.1 Å². The normalized spacial score (nSPS) is 17.4. The molecule has 430 valence electrons. The van der Waals surface area contributed by atoms with Crippen LogP contribution in [0.15, 0.2) is 83.3 Å². The van der Waals surface area contributed by atoms with E-state index in [-0.39, 0.29) is 63.6 Å². The first-order chi connectivity index (χ1) is 38.4. The Bertz CT molecular complexity index is 3140. The number of carbonyl (C=O) groups is 3. The fraction of sp³-hybridized carbons (Fsp3) is 0.473. The number of ether oxygens (including phenoxy) is 6. The van der Waals surface area contributed by atoms with Crippen LogP contribution in [-0.2, 0) is 54.6 Å². The highest BCUT2D eigenvalue weighted by atomic mass is 32.2. The second-order valence-corrected chi connectivity index (χ2v) is 23.0. The van der Waals surface area contributed by atoms with Crippen molar-refractivity contribution in [2.24, 2.45) is 5.41 Å². The SMILES string of the molecule is Cc1ccc(F)c(S(=O)(=O)Nc2ccc(-c3nc(OCC4CN(CCOCCOCCOCCOCC(=O)NC(C(=O)N5CC(O)CC5C(=O)NCc5ccc(-c6scnc6C)cc5)C(C)(C)C)CCO4)c4cn[nH]c4n3)cc2)c1. The first-order valence-corrected chi connectivity index (χ1v) is 28.7. The van der Waals surface area contributed by atoms with E-state index in [9.17, 15) is 32.3 Å². The molecule has 0 saturated carbocycles. The second kappa shape index (κ2) is 27.7. The van der Waals surface area contributed by atoms with Gasteiger partial charge in [-0.1, -0.05) is 51.1 Å². The summed E-state index contributed by atoms with van der Waals surface area (Å²) in [6, 6.07) is 16.2. The summed E-state index contributed by atoms with van der Waals surface area (Å²) in [6.07, 6.45) is 0.531. The predicted molar refractivity (Wildman–Crippen MR) is 296 cm³/mol. The van der Waals surface area contributed by atoms with Crippen LogP contribution < -0.4 is 20.1 Å². The third-order valence-electron chi connectivity index (χ3n) is 13.3. The first-order valence-electron chi connectivity index (χ1n) is 26.3. The molecule has 5 N–H and O–H groups in total. The van der Waals surface area contributed by atoms with E-state index in [1.54, 1.807) is 54.2 Å². The fourth-order valence-electron chi connectivity index (χ4n) is 9.02. The molecule has 2 aliphatic heterocycles. The lowest BCUT2D eigenvalue weighted by atomic mass is 9.85. The number of aromatic amines is 1. The molecule has 22 nitrogen and oxygen atoms in total. The minimum Gasteiger partial charge on any atom is -0.474 e. The lowest BCUT2D eigenvalue weighted by Gasteiger charge is -2.35. The summed E-state index contributed by atoms with van der Waals surface area (Å²) in [5.74, 6) is -1.56. The van der Waals surface area contributed by atoms with Gasteiger partial charge in [0.1, 0.15) is 47.5 Å². The van der Waals surface area contributed by atoms with Gasteiger partial charge in [-0.25, -0.2) is 22.8 Å². The number of thiazole rings is 1. The van der Waals surface area contributed by atoms with E-state index >= 15 is 0 Å². The molecule has 8 rings (SSSR count). The van der Waals surface area contributed by atoms with Gasteiger partial charge in [-0.15, -0.1) is 11.3 Å². The molecule has 0 aliphatic carbocycles. The number of hydrogen-bond acceptors (Lipinski definition) is 18. The Morgan fingerprint density at radius 3 is 2.31 bits per heavy atom. The Hall–Kier alpha value is -6.55. The average molecular weight is 1150 g/mol. The van der Waals surface area contributed by atoms with Crippen LogP contribution in [0.2, 0.25) is 0 Å². The van der Waals surface area contributed by atoms with Gasteiger partial charge >= 0.3 is 0 Å². The maximum Gasteiger partial charge on any atom is 0.264 e. The fourth-order valence-corrected chi connectivity index (χ4v) is 11.1. The molecule has 4 unspecified atom stereocenters. The molecule has 4 atom stereocenters. The topological polar surface area (TPSA) is 271 Å². The number of β-amino-alcohol motifs (C(OH)–C–C–N with tert-alkyl or cyclic N) is 1. The number of rotatable bonds is 27. The number of H-pyrrole nitrogens is 1. The number of aryl methyl sites for hydroxylation is 2. The smallest absolute Gasteiger partial charge is 0.264 e. The number of nitrogens with zero attached hydrogens (tertiary/aromatic N) is 6. The molecule has 0 bridgehead atoms. The van der Waals surface area contributed by atoms with Gasteiger partial charge in [-0.3, -0.25) is 29.1 Å². The second-order valence-electron chi connectivity index (χ2n) is 20.5. The van der Waals surface area contributed by atoms with Gasteiger partial charge in [0.2, 0.25) is 23.6 Å². The Balaban J connectivity index is 0.670. The number of nitrogens with one attached hydrogen (secondary N) is 4. The number of aliphatic hydroxyl groups excluding tert-OH is 1. The summed E-state index contributed by atoms with van der Waals surface area (Å²) >= 11 is 1.56. The van der Waals surface area contributed by atoms with Gasteiger partial charge in [0.05, 0.1) is 81.2 Å². The lowest BCUT2D eigenvalue weighted by molar-refractivity contribution is -0.144. The molecule has 3 amide bonds. The van der Waals surface area contributed by atoms with Crippen molar-refractivity contribution in [1.82, 2.24) is 45.6 Å². The van der Waals surface area contributed by atoms with E-state index in [1.165, 1.54) is 17.0 Å². The van der Waals surface area contributed by atoms with Gasteiger partial charge in [0.25, 0.3) is 10.0 Å². The molecule has 5 heterocycles. The molecule has 3 aromatic carbocycles. The van der Waals surface area contributed by atoms with Crippen molar-refractivity contribution < 1.29 is 60.7 Å². The molecule has 3 aromatic heterocycles. The molecule has 0 spiro atoms. The number of benzene rings is 3. The van der Waals surface area contributed by atoms with Crippen molar-refractivity contribution in [2.75, 3.05) is 97.0 Å².